The summed E-state index contributed by atoms with van der Waals surface area (Å²) < 4.78 is 0. The van der Waals surface area contributed by atoms with Gasteiger partial charge in [0.25, 0.3) is 0 Å². The Labute approximate surface area is 72.2 Å². The normalized spacial score (nSPS) is 29.1. The number of hydrogen-bond acceptors (Lipinski definition) is 2. The first-order valence-corrected chi connectivity index (χ1v) is 4.32. The molecule has 1 fully saturated rings. The van der Waals surface area contributed by atoms with E-state index in [1.165, 1.54) is 5.56 Å². The average Bonchev–Trinajstić information content (AvgIpc) is 2.54. The zero-order valence-electron chi connectivity index (χ0n) is 6.90. The quantitative estimate of drug-likeness (QED) is 0.649. The van der Waals surface area contributed by atoms with Crippen LogP contribution in [0, 0.1) is 0 Å². The fraction of sp³-hybridized carbons (Fsp3) is 0.400. The van der Waals surface area contributed by atoms with Gasteiger partial charge in [-0.05, 0) is 12.0 Å². The van der Waals surface area contributed by atoms with Crippen LogP contribution in [0.3, 0.4) is 0 Å². The van der Waals surface area contributed by atoms with Crippen molar-refractivity contribution in [3.05, 3.63) is 35.9 Å². The van der Waals surface area contributed by atoms with Gasteiger partial charge in [-0.2, -0.15) is 0 Å². The molecule has 1 aliphatic heterocycles. The summed E-state index contributed by atoms with van der Waals surface area (Å²) in [5, 5.41) is 12.6. The first-order chi connectivity index (χ1) is 5.86. The highest BCUT2D eigenvalue weighted by molar-refractivity contribution is 5.20. The number of β-amino-alcohol motifs (C(OH)–C–C–N with tert-alkyl or cyclic N) is 1. The van der Waals surface area contributed by atoms with Crippen molar-refractivity contribution in [3.63, 3.8) is 0 Å². The SMILES string of the molecule is O[C@H]1CN[C@H](c2ccccc2)C1. The van der Waals surface area contributed by atoms with Gasteiger partial charge in [0.05, 0.1) is 6.10 Å². The molecule has 0 spiro atoms. The van der Waals surface area contributed by atoms with Crippen LogP contribution in [0.2, 0.25) is 0 Å². The summed E-state index contributed by atoms with van der Waals surface area (Å²) in [5.74, 6) is 0. The third kappa shape index (κ3) is 1.49. The minimum absolute atomic E-state index is 0.171. The van der Waals surface area contributed by atoms with Gasteiger partial charge in [-0.3, -0.25) is 0 Å². The molecule has 2 heteroatoms. The molecule has 64 valence electrons. The second kappa shape index (κ2) is 3.25. The first-order valence-electron chi connectivity index (χ1n) is 4.32. The maximum atomic E-state index is 9.30. The Morgan fingerprint density at radius 1 is 1.25 bits per heavy atom. The Balaban J connectivity index is 2.11. The molecule has 0 aromatic heterocycles. The molecule has 1 saturated heterocycles. The molecule has 2 atom stereocenters. The van der Waals surface area contributed by atoms with E-state index in [1.807, 2.05) is 18.2 Å². The minimum atomic E-state index is -0.171. The molecule has 0 radical (unpaired) electrons. The Hall–Kier alpha value is -0.860. The molecule has 0 amide bonds. The lowest BCUT2D eigenvalue weighted by molar-refractivity contribution is 0.193. The highest BCUT2D eigenvalue weighted by Gasteiger charge is 2.22. The van der Waals surface area contributed by atoms with Crippen LogP contribution in [-0.4, -0.2) is 17.8 Å². The lowest BCUT2D eigenvalue weighted by atomic mass is 10.1. The van der Waals surface area contributed by atoms with Gasteiger partial charge in [0.15, 0.2) is 0 Å². The van der Waals surface area contributed by atoms with Crippen molar-refractivity contribution in [2.75, 3.05) is 6.54 Å². The van der Waals surface area contributed by atoms with Gasteiger partial charge in [0.2, 0.25) is 0 Å². The Bertz CT molecular complexity index is 247. The van der Waals surface area contributed by atoms with E-state index in [2.05, 4.69) is 17.4 Å². The number of aliphatic hydroxyl groups is 1. The number of aliphatic hydroxyl groups excluding tert-OH is 1. The zero-order valence-corrected chi connectivity index (χ0v) is 6.90. The van der Waals surface area contributed by atoms with Gasteiger partial charge in [-0.25, -0.2) is 0 Å². The minimum Gasteiger partial charge on any atom is -0.392 e. The Morgan fingerprint density at radius 3 is 2.58 bits per heavy atom. The monoisotopic (exact) mass is 163 g/mol. The summed E-state index contributed by atoms with van der Waals surface area (Å²) in [6.07, 6.45) is 0.666. The number of benzene rings is 1. The van der Waals surface area contributed by atoms with Crippen molar-refractivity contribution < 1.29 is 5.11 Å². The largest absolute Gasteiger partial charge is 0.392 e. The molecule has 2 rings (SSSR count). The predicted octanol–water partition coefficient (Wildman–Crippen LogP) is 1.08. The van der Waals surface area contributed by atoms with E-state index < -0.39 is 0 Å². The van der Waals surface area contributed by atoms with Crippen molar-refractivity contribution in [1.29, 1.82) is 0 Å². The van der Waals surface area contributed by atoms with Crippen molar-refractivity contribution >= 4 is 0 Å². The van der Waals surface area contributed by atoms with Gasteiger partial charge in [-0.1, -0.05) is 30.3 Å². The van der Waals surface area contributed by atoms with Crippen molar-refractivity contribution in [3.8, 4) is 0 Å². The molecule has 1 aliphatic rings. The molecule has 1 aromatic carbocycles. The summed E-state index contributed by atoms with van der Waals surface area (Å²) in [6.45, 7) is 0.722. The first kappa shape index (κ1) is 7.77. The Morgan fingerprint density at radius 2 is 2.00 bits per heavy atom. The molecule has 0 aliphatic carbocycles. The van der Waals surface area contributed by atoms with E-state index in [4.69, 9.17) is 0 Å². The standard InChI is InChI=1S/C10H13NO/c12-9-6-10(11-7-9)8-4-2-1-3-5-8/h1-5,9-12H,6-7H2/t9-,10+/m1/s1. The zero-order chi connectivity index (χ0) is 8.39. The fourth-order valence-corrected chi connectivity index (χ4v) is 1.66. The van der Waals surface area contributed by atoms with Crippen LogP contribution in [-0.2, 0) is 0 Å². The van der Waals surface area contributed by atoms with Gasteiger partial charge < -0.3 is 10.4 Å². The number of rotatable bonds is 1. The highest BCUT2D eigenvalue weighted by atomic mass is 16.3. The topological polar surface area (TPSA) is 32.3 Å². The molecule has 12 heavy (non-hydrogen) atoms. The second-order valence-electron chi connectivity index (χ2n) is 3.26. The van der Waals surface area contributed by atoms with Crippen molar-refractivity contribution in [2.24, 2.45) is 0 Å². The summed E-state index contributed by atoms with van der Waals surface area (Å²) >= 11 is 0. The molecule has 1 aromatic rings. The van der Waals surface area contributed by atoms with Crippen LogP contribution in [0.5, 0.6) is 0 Å². The van der Waals surface area contributed by atoms with Crippen LogP contribution in [0.15, 0.2) is 30.3 Å². The third-order valence-electron chi connectivity index (χ3n) is 2.31. The maximum absolute atomic E-state index is 9.30. The van der Waals surface area contributed by atoms with E-state index in [0.29, 0.717) is 6.04 Å². The van der Waals surface area contributed by atoms with E-state index >= 15 is 0 Å². The molecule has 2 N–H and O–H groups in total. The van der Waals surface area contributed by atoms with E-state index in [0.717, 1.165) is 13.0 Å². The summed E-state index contributed by atoms with van der Waals surface area (Å²) in [7, 11) is 0. The molecule has 0 bridgehead atoms. The number of hydrogen-bond donors (Lipinski definition) is 2. The van der Waals surface area contributed by atoms with Crippen LogP contribution in [0.4, 0.5) is 0 Å². The lowest BCUT2D eigenvalue weighted by Gasteiger charge is -2.08. The third-order valence-corrected chi connectivity index (χ3v) is 2.31. The molecule has 0 saturated carbocycles. The van der Waals surface area contributed by atoms with Crippen molar-refractivity contribution in [2.45, 2.75) is 18.6 Å². The molecular formula is C10H13NO. The van der Waals surface area contributed by atoms with Crippen molar-refractivity contribution in [1.82, 2.24) is 5.32 Å². The smallest absolute Gasteiger partial charge is 0.0682 e. The van der Waals surface area contributed by atoms with Gasteiger partial charge in [0, 0.05) is 12.6 Å². The molecule has 0 unspecified atom stereocenters. The predicted molar refractivity (Wildman–Crippen MR) is 47.8 cm³/mol. The van der Waals surface area contributed by atoms with Gasteiger partial charge >= 0.3 is 0 Å². The van der Waals surface area contributed by atoms with E-state index in [9.17, 15) is 5.11 Å². The van der Waals surface area contributed by atoms with Crippen LogP contribution in [0.25, 0.3) is 0 Å². The average molecular weight is 163 g/mol. The van der Waals surface area contributed by atoms with E-state index in [1.54, 1.807) is 0 Å². The van der Waals surface area contributed by atoms with E-state index in [-0.39, 0.29) is 6.10 Å². The van der Waals surface area contributed by atoms with Crippen LogP contribution < -0.4 is 5.32 Å². The van der Waals surface area contributed by atoms with Crippen LogP contribution >= 0.6 is 0 Å². The number of nitrogens with one attached hydrogen (secondary N) is 1. The lowest BCUT2D eigenvalue weighted by Crippen LogP contribution is -2.14. The van der Waals surface area contributed by atoms with Crippen LogP contribution in [0.1, 0.15) is 18.0 Å². The molecular weight excluding hydrogens is 150 g/mol. The summed E-state index contributed by atoms with van der Waals surface area (Å²) in [4.78, 5) is 0. The summed E-state index contributed by atoms with van der Waals surface area (Å²) in [5.41, 5.74) is 1.27. The summed E-state index contributed by atoms with van der Waals surface area (Å²) in [6, 6.07) is 10.6. The fourth-order valence-electron chi connectivity index (χ4n) is 1.66. The highest BCUT2D eigenvalue weighted by Crippen LogP contribution is 2.22. The molecule has 1 heterocycles. The Kier molecular flexibility index (Phi) is 2.11. The molecule has 2 nitrogen and oxygen atoms in total. The van der Waals surface area contributed by atoms with Gasteiger partial charge in [0.1, 0.15) is 0 Å². The maximum Gasteiger partial charge on any atom is 0.0682 e. The van der Waals surface area contributed by atoms with Gasteiger partial charge in [-0.15, -0.1) is 0 Å². The second-order valence-corrected chi connectivity index (χ2v) is 3.26.